The lowest BCUT2D eigenvalue weighted by Crippen LogP contribution is -2.11. The topological polar surface area (TPSA) is 74.6 Å². The number of unbranched alkanes of at least 4 members (excludes halogenated alkanes) is 2. The minimum Gasteiger partial charge on any atom is -0.478 e. The number of carboxylic acid groups (broad SMARTS) is 2. The van der Waals surface area contributed by atoms with Crippen molar-refractivity contribution in [1.29, 1.82) is 0 Å². The van der Waals surface area contributed by atoms with Crippen molar-refractivity contribution >= 4 is 11.9 Å². The van der Waals surface area contributed by atoms with E-state index in [-0.39, 0.29) is 17.6 Å². The van der Waals surface area contributed by atoms with Crippen LogP contribution in [0.5, 0.6) is 0 Å². The Labute approximate surface area is 108 Å². The highest BCUT2D eigenvalue weighted by atomic mass is 16.4. The molecule has 18 heavy (non-hydrogen) atoms. The van der Waals surface area contributed by atoms with Gasteiger partial charge in [0.1, 0.15) is 0 Å². The van der Waals surface area contributed by atoms with Gasteiger partial charge in [-0.1, -0.05) is 13.8 Å². The summed E-state index contributed by atoms with van der Waals surface area (Å²) in [5.74, 6) is 3.64. The third-order valence-electron chi connectivity index (χ3n) is 2.51. The Balaban J connectivity index is 4.47. The van der Waals surface area contributed by atoms with E-state index >= 15 is 0 Å². The monoisotopic (exact) mass is 252 g/mol. The summed E-state index contributed by atoms with van der Waals surface area (Å²) in [4.78, 5) is 21.9. The maximum Gasteiger partial charge on any atom is 0.332 e. The quantitative estimate of drug-likeness (QED) is 0.415. The SMILES string of the molecule is CCC#CCCCC/C(C(=O)O)=C(/CC)C(=O)O. The Kier molecular flexibility index (Phi) is 8.38. The van der Waals surface area contributed by atoms with E-state index in [9.17, 15) is 9.59 Å². The first kappa shape index (κ1) is 16.2. The van der Waals surface area contributed by atoms with E-state index in [4.69, 9.17) is 10.2 Å². The van der Waals surface area contributed by atoms with Crippen molar-refractivity contribution in [3.8, 4) is 11.8 Å². The second kappa shape index (κ2) is 9.29. The molecule has 0 fully saturated rings. The van der Waals surface area contributed by atoms with Crippen LogP contribution in [0.25, 0.3) is 0 Å². The molecule has 0 heterocycles. The standard InChI is InChI=1S/C14H20O4/c1-3-5-6-7-8-9-10-12(14(17)18)11(4-2)13(15)16/h3-4,7-10H2,1-2H3,(H,15,16)(H,17,18)/b12-11+. The zero-order valence-corrected chi connectivity index (χ0v) is 11.0. The molecule has 0 saturated heterocycles. The smallest absolute Gasteiger partial charge is 0.332 e. The van der Waals surface area contributed by atoms with Gasteiger partial charge in [0, 0.05) is 24.0 Å². The van der Waals surface area contributed by atoms with Gasteiger partial charge in [-0.3, -0.25) is 0 Å². The van der Waals surface area contributed by atoms with Gasteiger partial charge >= 0.3 is 11.9 Å². The summed E-state index contributed by atoms with van der Waals surface area (Å²) < 4.78 is 0. The van der Waals surface area contributed by atoms with Crippen LogP contribution in [0.1, 0.15) is 52.4 Å². The first-order chi connectivity index (χ1) is 8.54. The average Bonchev–Trinajstić information content (AvgIpc) is 2.31. The molecular formula is C14H20O4. The normalized spacial score (nSPS) is 11.2. The van der Waals surface area contributed by atoms with Crippen molar-refractivity contribution in [2.75, 3.05) is 0 Å². The molecule has 0 aliphatic carbocycles. The Morgan fingerprint density at radius 1 is 0.944 bits per heavy atom. The lowest BCUT2D eigenvalue weighted by Gasteiger charge is -2.06. The predicted molar refractivity (Wildman–Crippen MR) is 69.1 cm³/mol. The van der Waals surface area contributed by atoms with Gasteiger partial charge in [-0.05, 0) is 25.7 Å². The van der Waals surface area contributed by atoms with Crippen LogP contribution in [0.2, 0.25) is 0 Å². The van der Waals surface area contributed by atoms with Crippen molar-refractivity contribution in [3.05, 3.63) is 11.1 Å². The number of rotatable bonds is 7. The third-order valence-corrected chi connectivity index (χ3v) is 2.51. The molecule has 0 unspecified atom stereocenters. The lowest BCUT2D eigenvalue weighted by molar-refractivity contribution is -0.136. The largest absolute Gasteiger partial charge is 0.478 e. The van der Waals surface area contributed by atoms with Crippen LogP contribution < -0.4 is 0 Å². The Bertz CT molecular complexity index is 382. The highest BCUT2D eigenvalue weighted by Crippen LogP contribution is 2.17. The summed E-state index contributed by atoms with van der Waals surface area (Å²) in [5, 5.41) is 17.9. The van der Waals surface area contributed by atoms with Gasteiger partial charge in [0.15, 0.2) is 0 Å². The van der Waals surface area contributed by atoms with Gasteiger partial charge in [-0.2, -0.15) is 0 Å². The molecule has 0 saturated carbocycles. The number of hydrogen-bond donors (Lipinski definition) is 2. The maximum atomic E-state index is 11.0. The summed E-state index contributed by atoms with van der Waals surface area (Å²) >= 11 is 0. The Hall–Kier alpha value is -1.76. The summed E-state index contributed by atoms with van der Waals surface area (Å²) in [6, 6.07) is 0. The third kappa shape index (κ3) is 6.09. The van der Waals surface area contributed by atoms with Crippen molar-refractivity contribution < 1.29 is 19.8 Å². The zero-order chi connectivity index (χ0) is 14.0. The second-order valence-electron chi connectivity index (χ2n) is 3.84. The van der Waals surface area contributed by atoms with Crippen molar-refractivity contribution in [3.63, 3.8) is 0 Å². The van der Waals surface area contributed by atoms with E-state index in [1.54, 1.807) is 6.92 Å². The average molecular weight is 252 g/mol. The molecule has 0 aliphatic rings. The summed E-state index contributed by atoms with van der Waals surface area (Å²) in [5.41, 5.74) is 0.0237. The number of aliphatic carboxylic acids is 2. The van der Waals surface area contributed by atoms with Crippen LogP contribution in [0.4, 0.5) is 0 Å². The van der Waals surface area contributed by atoms with Gasteiger partial charge in [0.05, 0.1) is 0 Å². The molecule has 0 spiro atoms. The first-order valence-electron chi connectivity index (χ1n) is 6.18. The maximum absolute atomic E-state index is 11.0. The van der Waals surface area contributed by atoms with Crippen LogP contribution in [-0.4, -0.2) is 22.2 Å². The molecule has 0 radical (unpaired) electrons. The van der Waals surface area contributed by atoms with Crippen LogP contribution in [0.15, 0.2) is 11.1 Å². The van der Waals surface area contributed by atoms with E-state index < -0.39 is 11.9 Å². The van der Waals surface area contributed by atoms with E-state index in [1.165, 1.54) is 0 Å². The summed E-state index contributed by atoms with van der Waals surface area (Å²) in [6.07, 6.45) is 3.51. The molecule has 0 aliphatic heterocycles. The zero-order valence-electron chi connectivity index (χ0n) is 11.0. The highest BCUT2D eigenvalue weighted by Gasteiger charge is 2.17. The molecule has 4 heteroatoms. The molecule has 0 aromatic heterocycles. The molecule has 0 aromatic rings. The summed E-state index contributed by atoms with van der Waals surface area (Å²) in [7, 11) is 0. The van der Waals surface area contributed by atoms with Crippen LogP contribution in [-0.2, 0) is 9.59 Å². The molecule has 100 valence electrons. The van der Waals surface area contributed by atoms with Gasteiger partial charge < -0.3 is 10.2 Å². The fraction of sp³-hybridized carbons (Fsp3) is 0.571. The van der Waals surface area contributed by atoms with E-state index in [0.29, 0.717) is 12.8 Å². The van der Waals surface area contributed by atoms with Gasteiger partial charge in [0.25, 0.3) is 0 Å². The molecule has 0 rings (SSSR count). The van der Waals surface area contributed by atoms with Crippen molar-refractivity contribution in [1.82, 2.24) is 0 Å². The van der Waals surface area contributed by atoms with Crippen molar-refractivity contribution in [2.45, 2.75) is 52.4 Å². The predicted octanol–water partition coefficient (Wildman–Crippen LogP) is 2.84. The Morgan fingerprint density at radius 2 is 1.56 bits per heavy atom. The fourth-order valence-corrected chi connectivity index (χ4v) is 1.61. The Morgan fingerprint density at radius 3 is 2.00 bits per heavy atom. The number of carboxylic acids is 2. The number of hydrogen-bond acceptors (Lipinski definition) is 2. The molecule has 0 atom stereocenters. The number of carbonyl (C=O) groups is 2. The molecule has 2 N–H and O–H groups in total. The van der Waals surface area contributed by atoms with Crippen LogP contribution in [0.3, 0.4) is 0 Å². The molecular weight excluding hydrogens is 232 g/mol. The first-order valence-corrected chi connectivity index (χ1v) is 6.18. The van der Waals surface area contributed by atoms with Crippen LogP contribution >= 0.6 is 0 Å². The molecule has 0 amide bonds. The minimum atomic E-state index is -1.14. The van der Waals surface area contributed by atoms with Gasteiger partial charge in [-0.15, -0.1) is 11.8 Å². The van der Waals surface area contributed by atoms with E-state index in [0.717, 1.165) is 19.3 Å². The fourth-order valence-electron chi connectivity index (χ4n) is 1.61. The second-order valence-corrected chi connectivity index (χ2v) is 3.84. The van der Waals surface area contributed by atoms with Gasteiger partial charge in [-0.25, -0.2) is 9.59 Å². The van der Waals surface area contributed by atoms with E-state index in [2.05, 4.69) is 11.8 Å². The molecule has 0 bridgehead atoms. The van der Waals surface area contributed by atoms with E-state index in [1.807, 2.05) is 6.92 Å². The summed E-state index contributed by atoms with van der Waals surface area (Å²) in [6.45, 7) is 3.62. The highest BCUT2D eigenvalue weighted by molar-refractivity contribution is 5.98. The molecule has 0 aromatic carbocycles. The lowest BCUT2D eigenvalue weighted by atomic mass is 10.00. The van der Waals surface area contributed by atoms with Gasteiger partial charge in [0.2, 0.25) is 0 Å². The van der Waals surface area contributed by atoms with Crippen molar-refractivity contribution in [2.24, 2.45) is 0 Å². The van der Waals surface area contributed by atoms with Crippen LogP contribution in [0, 0.1) is 11.8 Å². The molecule has 4 nitrogen and oxygen atoms in total. The minimum absolute atomic E-state index is 0.00198.